The van der Waals surface area contributed by atoms with E-state index < -0.39 is 41.3 Å². The average molecular weight is 435 g/mol. The highest BCUT2D eigenvalue weighted by molar-refractivity contribution is 5.91. The molecule has 1 atom stereocenters. The molecule has 6 nitrogen and oxygen atoms in total. The van der Waals surface area contributed by atoms with Crippen LogP contribution >= 0.6 is 0 Å². The molecular formula is C21H17F4N3O3. The molecule has 162 valence electrons. The lowest BCUT2D eigenvalue weighted by atomic mass is 9.96. The highest BCUT2D eigenvalue weighted by Crippen LogP contribution is 2.33. The minimum atomic E-state index is -3.03. The first-order valence-electron chi connectivity index (χ1n) is 9.29. The number of ether oxygens (including phenoxy) is 1. The lowest BCUT2D eigenvalue weighted by Crippen LogP contribution is -2.39. The Balaban J connectivity index is 1.68. The van der Waals surface area contributed by atoms with Gasteiger partial charge >= 0.3 is 6.03 Å². The highest BCUT2D eigenvalue weighted by atomic mass is 19.3. The number of likely N-dealkylation sites (N-methyl/N-ethyl adjacent to an activating group) is 1. The lowest BCUT2D eigenvalue weighted by molar-refractivity contribution is 0.0527. The van der Waals surface area contributed by atoms with Gasteiger partial charge in [-0.05, 0) is 35.7 Å². The minimum Gasteiger partial charge on any atom is -0.373 e. The Kier molecular flexibility index (Phi) is 5.40. The van der Waals surface area contributed by atoms with Crippen LogP contribution in [0.25, 0.3) is 10.8 Å². The number of alkyl halides is 2. The van der Waals surface area contributed by atoms with Gasteiger partial charge in [-0.25, -0.2) is 22.4 Å². The van der Waals surface area contributed by atoms with Crippen LogP contribution in [-0.4, -0.2) is 29.6 Å². The monoisotopic (exact) mass is 435 g/mol. The molecular weight excluding hydrogens is 418 g/mol. The molecule has 4 rings (SSSR count). The number of hydrogen-bond donors (Lipinski definition) is 2. The van der Waals surface area contributed by atoms with Crippen molar-refractivity contribution in [3.8, 4) is 0 Å². The van der Waals surface area contributed by atoms with E-state index in [0.29, 0.717) is 16.6 Å². The summed E-state index contributed by atoms with van der Waals surface area (Å²) < 4.78 is 58.5. The van der Waals surface area contributed by atoms with Gasteiger partial charge in [0.15, 0.2) is 0 Å². The quantitative estimate of drug-likeness (QED) is 0.596. The predicted molar refractivity (Wildman–Crippen MR) is 105 cm³/mol. The predicted octanol–water partition coefficient (Wildman–Crippen LogP) is 4.48. The van der Waals surface area contributed by atoms with Gasteiger partial charge in [0.05, 0.1) is 30.2 Å². The van der Waals surface area contributed by atoms with Crippen LogP contribution in [0.5, 0.6) is 0 Å². The number of amides is 2. The molecule has 2 amide bonds. The number of halogens is 4. The number of pyridine rings is 1. The molecule has 2 aromatic carbocycles. The fraction of sp³-hybridized carbons (Fsp3) is 0.238. The number of aromatic nitrogens is 1. The Morgan fingerprint density at radius 3 is 2.71 bits per heavy atom. The first kappa shape index (κ1) is 20.9. The molecule has 1 aliphatic heterocycles. The maximum absolute atomic E-state index is 13.7. The molecule has 0 bridgehead atoms. The van der Waals surface area contributed by atoms with Gasteiger partial charge < -0.3 is 19.9 Å². The van der Waals surface area contributed by atoms with E-state index in [1.807, 2.05) is 0 Å². The van der Waals surface area contributed by atoms with Gasteiger partial charge in [-0.3, -0.25) is 4.79 Å². The van der Waals surface area contributed by atoms with Crippen LogP contribution in [-0.2, 0) is 11.3 Å². The number of benzene rings is 2. The van der Waals surface area contributed by atoms with Gasteiger partial charge in [0.1, 0.15) is 11.6 Å². The highest BCUT2D eigenvalue weighted by Gasteiger charge is 2.30. The van der Waals surface area contributed by atoms with Gasteiger partial charge in [-0.15, -0.1) is 0 Å². The summed E-state index contributed by atoms with van der Waals surface area (Å²) in [6.45, 7) is 0.209. The number of rotatable bonds is 3. The summed E-state index contributed by atoms with van der Waals surface area (Å²) in [5.74, 6) is -1.64. The number of nitrogens with one attached hydrogen (secondary N) is 2. The van der Waals surface area contributed by atoms with Crippen molar-refractivity contribution in [2.75, 3.05) is 19.0 Å². The van der Waals surface area contributed by atoms with E-state index in [4.69, 9.17) is 4.74 Å². The van der Waals surface area contributed by atoms with Gasteiger partial charge in [-0.2, -0.15) is 0 Å². The van der Waals surface area contributed by atoms with Crippen LogP contribution in [0.3, 0.4) is 0 Å². The summed E-state index contributed by atoms with van der Waals surface area (Å²) in [4.78, 5) is 29.0. The molecule has 0 spiro atoms. The number of carbonyl (C=O) groups excluding carboxylic acids is 1. The second kappa shape index (κ2) is 8.03. The Bertz CT molecular complexity index is 1230. The average Bonchev–Trinajstić information content (AvgIpc) is 2.74. The Morgan fingerprint density at radius 2 is 1.97 bits per heavy atom. The largest absolute Gasteiger partial charge is 0.373 e. The molecule has 0 unspecified atom stereocenters. The van der Waals surface area contributed by atoms with Crippen molar-refractivity contribution in [1.29, 1.82) is 0 Å². The zero-order valence-corrected chi connectivity index (χ0v) is 16.2. The smallest absolute Gasteiger partial charge is 0.322 e. The SMILES string of the molecule is CN(C(=O)Nc1ccc(F)c(C(F)F)c1)[C@@H]1COCc2[nH]c(=O)c3cc(F)ccc3c21. The molecule has 1 aromatic heterocycles. The molecule has 0 fully saturated rings. The van der Waals surface area contributed by atoms with Crippen molar-refractivity contribution in [1.82, 2.24) is 9.88 Å². The topological polar surface area (TPSA) is 74.4 Å². The minimum absolute atomic E-state index is 0.00102. The van der Waals surface area contributed by atoms with E-state index in [2.05, 4.69) is 10.3 Å². The molecule has 2 N–H and O–H groups in total. The Labute approximate surface area is 173 Å². The maximum Gasteiger partial charge on any atom is 0.322 e. The molecule has 0 aliphatic carbocycles. The second-order valence-corrected chi connectivity index (χ2v) is 7.15. The molecule has 0 radical (unpaired) electrons. The fourth-order valence-corrected chi connectivity index (χ4v) is 3.67. The van der Waals surface area contributed by atoms with Crippen LogP contribution < -0.4 is 10.9 Å². The summed E-state index contributed by atoms with van der Waals surface area (Å²) in [6.07, 6.45) is -3.03. The molecule has 0 saturated heterocycles. The number of hydrogen-bond acceptors (Lipinski definition) is 3. The van der Waals surface area contributed by atoms with Gasteiger partial charge in [0.2, 0.25) is 0 Å². The van der Waals surface area contributed by atoms with E-state index >= 15 is 0 Å². The second-order valence-electron chi connectivity index (χ2n) is 7.15. The molecule has 1 aliphatic rings. The van der Waals surface area contributed by atoms with Gasteiger partial charge in [0, 0.05) is 24.0 Å². The Hall–Kier alpha value is -3.40. The summed E-state index contributed by atoms with van der Waals surface area (Å²) in [6, 6.07) is 5.39. The number of carbonyl (C=O) groups is 1. The third kappa shape index (κ3) is 3.86. The Morgan fingerprint density at radius 1 is 1.19 bits per heavy atom. The zero-order chi connectivity index (χ0) is 22.3. The number of nitrogens with zero attached hydrogens (tertiary/aromatic N) is 1. The van der Waals surface area contributed by atoms with Crippen LogP contribution in [0, 0.1) is 11.6 Å². The van der Waals surface area contributed by atoms with Crippen LogP contribution in [0.1, 0.15) is 29.3 Å². The van der Waals surface area contributed by atoms with Crippen molar-refractivity contribution in [3.05, 3.63) is 75.2 Å². The number of urea groups is 1. The van der Waals surface area contributed by atoms with Gasteiger partial charge in [0.25, 0.3) is 12.0 Å². The van der Waals surface area contributed by atoms with Gasteiger partial charge in [-0.1, -0.05) is 6.07 Å². The summed E-state index contributed by atoms with van der Waals surface area (Å²) >= 11 is 0. The van der Waals surface area contributed by atoms with Crippen LogP contribution in [0.15, 0.2) is 41.2 Å². The van der Waals surface area contributed by atoms with Crippen molar-refractivity contribution in [3.63, 3.8) is 0 Å². The summed E-state index contributed by atoms with van der Waals surface area (Å²) in [7, 11) is 1.47. The maximum atomic E-state index is 13.7. The lowest BCUT2D eigenvalue weighted by Gasteiger charge is -2.33. The van der Waals surface area contributed by atoms with E-state index in [9.17, 15) is 27.2 Å². The summed E-state index contributed by atoms with van der Waals surface area (Å²) in [5, 5.41) is 3.08. The number of aromatic amines is 1. The first-order valence-corrected chi connectivity index (χ1v) is 9.29. The molecule has 31 heavy (non-hydrogen) atoms. The van der Waals surface area contributed by atoms with Crippen LogP contribution in [0.4, 0.5) is 28.0 Å². The molecule has 3 aromatic rings. The third-order valence-corrected chi connectivity index (χ3v) is 5.23. The number of H-pyrrole nitrogens is 1. The number of anilines is 1. The standard InChI is InChI=1S/C21H17F4N3O3/c1-28(21(30)26-11-3-5-15(23)14(7-11)19(24)25)17-9-31-8-16-18(17)12-4-2-10(22)6-13(12)20(29)27-16/h2-7,17,19H,8-9H2,1H3,(H,26,30)(H,27,29)/t17-/m1/s1. The third-order valence-electron chi connectivity index (χ3n) is 5.23. The van der Waals surface area contributed by atoms with E-state index in [-0.39, 0.29) is 24.3 Å². The molecule has 0 saturated carbocycles. The van der Waals surface area contributed by atoms with Crippen molar-refractivity contribution in [2.24, 2.45) is 0 Å². The van der Waals surface area contributed by atoms with E-state index in [1.165, 1.54) is 30.1 Å². The molecule has 2 heterocycles. The zero-order valence-electron chi connectivity index (χ0n) is 16.2. The molecule has 10 heteroatoms. The number of fused-ring (bicyclic) bond motifs is 3. The normalized spacial score (nSPS) is 15.7. The van der Waals surface area contributed by atoms with Crippen molar-refractivity contribution >= 4 is 22.5 Å². The fourth-order valence-electron chi connectivity index (χ4n) is 3.67. The van der Waals surface area contributed by atoms with Crippen molar-refractivity contribution in [2.45, 2.75) is 19.1 Å². The van der Waals surface area contributed by atoms with E-state index in [1.54, 1.807) is 0 Å². The van der Waals surface area contributed by atoms with Crippen LogP contribution in [0.2, 0.25) is 0 Å². The van der Waals surface area contributed by atoms with Crippen molar-refractivity contribution < 1.29 is 27.1 Å². The van der Waals surface area contributed by atoms with E-state index in [0.717, 1.165) is 18.2 Å². The summed E-state index contributed by atoms with van der Waals surface area (Å²) in [5.41, 5.74) is -0.237. The first-order chi connectivity index (χ1) is 14.8.